The number of nitrogens with zero attached hydrogens (tertiary/aromatic N) is 1. The summed E-state index contributed by atoms with van der Waals surface area (Å²) in [5.74, 6) is 0.172. The third-order valence-electron chi connectivity index (χ3n) is 5.11. The normalized spacial score (nSPS) is 11.2. The van der Waals surface area contributed by atoms with E-state index in [0.717, 1.165) is 10.9 Å². The van der Waals surface area contributed by atoms with Crippen LogP contribution in [-0.2, 0) is 11.3 Å². The third kappa shape index (κ3) is 4.36. The molecule has 0 unspecified atom stereocenters. The van der Waals surface area contributed by atoms with Gasteiger partial charge in [0.1, 0.15) is 17.1 Å². The molecule has 4 aromatic rings. The van der Waals surface area contributed by atoms with Crippen molar-refractivity contribution in [3.05, 3.63) is 63.4 Å². The van der Waals surface area contributed by atoms with Crippen LogP contribution in [0.15, 0.2) is 47.3 Å². The summed E-state index contributed by atoms with van der Waals surface area (Å²) in [5.41, 5.74) is 2.26. The third-order valence-corrected chi connectivity index (χ3v) is 5.43. The molecule has 0 bridgehead atoms. The lowest BCUT2D eigenvalue weighted by molar-refractivity contribution is -0.116. The summed E-state index contributed by atoms with van der Waals surface area (Å²) >= 11 is 5.41. The molecule has 1 amide bonds. The van der Waals surface area contributed by atoms with E-state index >= 15 is 0 Å². The Kier molecular flexibility index (Phi) is 5.85. The molecular formula is C22H21FN4O3S. The van der Waals surface area contributed by atoms with Gasteiger partial charge in [-0.3, -0.25) is 14.2 Å². The van der Waals surface area contributed by atoms with E-state index in [1.165, 1.54) is 28.8 Å². The zero-order valence-corrected chi connectivity index (χ0v) is 17.6. The average Bonchev–Trinajstić information content (AvgIpc) is 3.12. The Morgan fingerprint density at radius 2 is 1.90 bits per heavy atom. The first kappa shape index (κ1) is 20.8. The highest BCUT2D eigenvalue weighted by Gasteiger charge is 2.12. The molecule has 160 valence electrons. The number of H-pyrrole nitrogens is 2. The van der Waals surface area contributed by atoms with Crippen molar-refractivity contribution in [2.24, 2.45) is 0 Å². The number of methoxy groups -OCH3 is 1. The second kappa shape index (κ2) is 8.73. The number of benzene rings is 2. The Bertz CT molecular complexity index is 1370. The molecule has 9 heteroatoms. The number of nitrogens with one attached hydrogen (secondary N) is 3. The molecule has 7 nitrogen and oxygen atoms in total. The van der Waals surface area contributed by atoms with Gasteiger partial charge >= 0.3 is 0 Å². The van der Waals surface area contributed by atoms with Gasteiger partial charge in [-0.05, 0) is 67.5 Å². The molecule has 0 saturated heterocycles. The number of hydrogen-bond acceptors (Lipinski definition) is 4. The summed E-state index contributed by atoms with van der Waals surface area (Å²) in [4.78, 5) is 31.3. The van der Waals surface area contributed by atoms with Gasteiger partial charge in [0.25, 0.3) is 5.56 Å². The molecule has 0 fully saturated rings. The number of hydrogen-bond donors (Lipinski definition) is 3. The quantitative estimate of drug-likeness (QED) is 0.292. The Hall–Kier alpha value is -3.46. The number of fused-ring (bicyclic) bond motifs is 3. The SMILES string of the molecule is COc1ccc2[nH]c3c(=O)n(CCCCC(=O)Nc4ccc(F)cc4)c(=S)[nH]c3c2c1. The molecule has 3 N–H and O–H groups in total. The van der Waals surface area contributed by atoms with Crippen molar-refractivity contribution in [3.8, 4) is 5.75 Å². The van der Waals surface area contributed by atoms with E-state index in [2.05, 4.69) is 15.3 Å². The minimum absolute atomic E-state index is 0.163. The number of carbonyl (C=O) groups is 1. The predicted octanol–water partition coefficient (Wildman–Crippen LogP) is 4.50. The number of aromatic nitrogens is 3. The minimum atomic E-state index is -0.356. The van der Waals surface area contributed by atoms with Crippen LogP contribution in [0.25, 0.3) is 21.9 Å². The van der Waals surface area contributed by atoms with E-state index in [1.54, 1.807) is 7.11 Å². The lowest BCUT2D eigenvalue weighted by Crippen LogP contribution is -2.22. The zero-order chi connectivity index (χ0) is 22.0. The Labute approximate surface area is 181 Å². The maximum Gasteiger partial charge on any atom is 0.278 e. The van der Waals surface area contributed by atoms with Crippen molar-refractivity contribution < 1.29 is 13.9 Å². The van der Waals surface area contributed by atoms with Gasteiger partial charge < -0.3 is 20.0 Å². The smallest absolute Gasteiger partial charge is 0.278 e. The summed E-state index contributed by atoms with van der Waals surface area (Å²) in [6.07, 6.45) is 1.47. The molecule has 0 saturated carbocycles. The van der Waals surface area contributed by atoms with Gasteiger partial charge in [0, 0.05) is 29.6 Å². The average molecular weight is 441 g/mol. The highest BCUT2D eigenvalue weighted by molar-refractivity contribution is 7.71. The Balaban J connectivity index is 1.44. The maximum absolute atomic E-state index is 13.0. The fourth-order valence-electron chi connectivity index (χ4n) is 3.51. The molecular weight excluding hydrogens is 419 g/mol. The number of halogens is 1. The van der Waals surface area contributed by atoms with Crippen molar-refractivity contribution in [2.75, 3.05) is 12.4 Å². The number of amides is 1. The van der Waals surface area contributed by atoms with E-state index in [1.807, 2.05) is 18.2 Å². The number of anilines is 1. The number of aromatic amines is 2. The van der Waals surface area contributed by atoms with Crippen LogP contribution >= 0.6 is 12.2 Å². The topological polar surface area (TPSA) is 91.9 Å². The van der Waals surface area contributed by atoms with E-state index in [9.17, 15) is 14.0 Å². The van der Waals surface area contributed by atoms with Gasteiger partial charge in [0.2, 0.25) is 5.91 Å². The molecule has 2 heterocycles. The second-order valence-corrected chi connectivity index (χ2v) is 7.57. The number of unbranched alkanes of at least 4 members (excludes halogenated alkanes) is 1. The highest BCUT2D eigenvalue weighted by atomic mass is 32.1. The van der Waals surface area contributed by atoms with Gasteiger partial charge in [-0.15, -0.1) is 0 Å². The van der Waals surface area contributed by atoms with Crippen molar-refractivity contribution in [2.45, 2.75) is 25.8 Å². The largest absolute Gasteiger partial charge is 0.497 e. The molecule has 0 aliphatic rings. The first-order valence-corrected chi connectivity index (χ1v) is 10.2. The van der Waals surface area contributed by atoms with Gasteiger partial charge in [0.05, 0.1) is 12.6 Å². The van der Waals surface area contributed by atoms with E-state index in [0.29, 0.717) is 46.6 Å². The lowest BCUT2D eigenvalue weighted by atomic mass is 10.2. The second-order valence-electron chi connectivity index (χ2n) is 7.19. The van der Waals surface area contributed by atoms with E-state index < -0.39 is 0 Å². The van der Waals surface area contributed by atoms with Gasteiger partial charge in [-0.25, -0.2) is 4.39 Å². The molecule has 0 spiro atoms. The fourth-order valence-corrected chi connectivity index (χ4v) is 3.78. The number of ether oxygens (including phenoxy) is 1. The highest BCUT2D eigenvalue weighted by Crippen LogP contribution is 2.25. The minimum Gasteiger partial charge on any atom is -0.497 e. The van der Waals surface area contributed by atoms with Gasteiger partial charge in [-0.1, -0.05) is 0 Å². The first-order chi connectivity index (χ1) is 15.0. The molecule has 0 atom stereocenters. The molecule has 31 heavy (non-hydrogen) atoms. The van der Waals surface area contributed by atoms with E-state index in [-0.39, 0.29) is 23.7 Å². The summed E-state index contributed by atoms with van der Waals surface area (Å²) in [6, 6.07) is 11.1. The molecule has 0 radical (unpaired) electrons. The van der Waals surface area contributed by atoms with Crippen LogP contribution in [-0.4, -0.2) is 27.6 Å². The standard InChI is InChI=1S/C22H21FN4O3S/c1-30-15-9-10-17-16(12-15)19-20(25-17)21(29)27(22(31)26-19)11-3-2-4-18(28)24-14-7-5-13(23)6-8-14/h5-10,12,25H,2-4,11H2,1H3,(H,24,28)(H,26,31). The van der Waals surface area contributed by atoms with Gasteiger partial charge in [-0.2, -0.15) is 0 Å². The molecule has 2 aromatic heterocycles. The van der Waals surface area contributed by atoms with Crippen LogP contribution in [0.3, 0.4) is 0 Å². The predicted molar refractivity (Wildman–Crippen MR) is 121 cm³/mol. The maximum atomic E-state index is 13.0. The van der Waals surface area contributed by atoms with Crippen LogP contribution in [0.5, 0.6) is 5.75 Å². The number of carbonyl (C=O) groups excluding carboxylic acids is 1. The van der Waals surface area contributed by atoms with E-state index in [4.69, 9.17) is 17.0 Å². The zero-order valence-electron chi connectivity index (χ0n) is 16.8. The van der Waals surface area contributed by atoms with Crippen molar-refractivity contribution >= 4 is 45.7 Å². The molecule has 0 aliphatic heterocycles. The molecule has 2 aromatic carbocycles. The monoisotopic (exact) mass is 440 g/mol. The number of rotatable bonds is 7. The first-order valence-electron chi connectivity index (χ1n) is 9.84. The van der Waals surface area contributed by atoms with Crippen LogP contribution < -0.4 is 15.6 Å². The lowest BCUT2D eigenvalue weighted by Gasteiger charge is -2.07. The Morgan fingerprint density at radius 1 is 1.13 bits per heavy atom. The molecule has 4 rings (SSSR count). The van der Waals surface area contributed by atoms with Crippen molar-refractivity contribution in [1.29, 1.82) is 0 Å². The van der Waals surface area contributed by atoms with Crippen LogP contribution in [0.2, 0.25) is 0 Å². The summed E-state index contributed by atoms with van der Waals surface area (Å²) in [7, 11) is 1.59. The Morgan fingerprint density at radius 3 is 2.65 bits per heavy atom. The summed E-state index contributed by atoms with van der Waals surface area (Å²) in [5, 5.41) is 3.56. The summed E-state index contributed by atoms with van der Waals surface area (Å²) in [6.45, 7) is 0.395. The van der Waals surface area contributed by atoms with Crippen molar-refractivity contribution in [1.82, 2.24) is 14.5 Å². The van der Waals surface area contributed by atoms with Crippen LogP contribution in [0.1, 0.15) is 19.3 Å². The van der Waals surface area contributed by atoms with Crippen LogP contribution in [0, 0.1) is 10.6 Å². The molecule has 0 aliphatic carbocycles. The summed E-state index contributed by atoms with van der Waals surface area (Å²) < 4.78 is 20.0. The van der Waals surface area contributed by atoms with Gasteiger partial charge in [0.15, 0.2) is 4.77 Å². The fraction of sp³-hybridized carbons (Fsp3) is 0.227. The van der Waals surface area contributed by atoms with Crippen molar-refractivity contribution in [3.63, 3.8) is 0 Å². The van der Waals surface area contributed by atoms with Crippen LogP contribution in [0.4, 0.5) is 10.1 Å².